The average molecular weight is 361 g/mol. The first-order valence-electron chi connectivity index (χ1n) is 8.03. The molecule has 1 amide bonds. The zero-order chi connectivity index (χ0) is 18.4. The van der Waals surface area contributed by atoms with E-state index in [4.69, 9.17) is 0 Å². The maximum Gasteiger partial charge on any atom is 0.251 e. The van der Waals surface area contributed by atoms with Crippen molar-refractivity contribution in [1.29, 1.82) is 0 Å². The van der Waals surface area contributed by atoms with Crippen LogP contribution in [-0.4, -0.2) is 44.3 Å². The van der Waals surface area contributed by atoms with Crippen LogP contribution in [0.3, 0.4) is 0 Å². The predicted octanol–water partition coefficient (Wildman–Crippen LogP) is 2.00. The summed E-state index contributed by atoms with van der Waals surface area (Å²) in [5, 5.41) is 2.82. The number of rotatable bonds is 7. The monoisotopic (exact) mass is 361 g/mol. The van der Waals surface area contributed by atoms with E-state index >= 15 is 0 Å². The Morgan fingerprint density at radius 2 is 1.96 bits per heavy atom. The van der Waals surface area contributed by atoms with Crippen LogP contribution in [0.1, 0.15) is 28.0 Å². The Balaban J connectivity index is 2.00. The highest BCUT2D eigenvalue weighted by Gasteiger charge is 2.21. The zero-order valence-electron chi connectivity index (χ0n) is 14.7. The number of aromatic nitrogens is 1. The minimum absolute atomic E-state index is 0.152. The zero-order valence-corrected chi connectivity index (χ0v) is 15.5. The highest BCUT2D eigenvalue weighted by Crippen LogP contribution is 2.19. The number of aryl methyl sites for hydroxylation is 2. The lowest BCUT2D eigenvalue weighted by Crippen LogP contribution is -2.26. The molecule has 0 fully saturated rings. The minimum Gasteiger partial charge on any atom is -0.352 e. The van der Waals surface area contributed by atoms with Crippen molar-refractivity contribution in [2.45, 2.75) is 24.7 Å². The third kappa shape index (κ3) is 4.87. The summed E-state index contributed by atoms with van der Waals surface area (Å²) < 4.78 is 25.8. The van der Waals surface area contributed by atoms with Gasteiger partial charge in [0.05, 0.1) is 4.90 Å². The minimum atomic E-state index is -3.58. The summed E-state index contributed by atoms with van der Waals surface area (Å²) in [6, 6.07) is 10.5. The van der Waals surface area contributed by atoms with Gasteiger partial charge in [0.1, 0.15) is 0 Å². The van der Waals surface area contributed by atoms with Crippen molar-refractivity contribution in [3.63, 3.8) is 0 Å². The lowest BCUT2D eigenvalue weighted by Gasteiger charge is -2.14. The molecule has 0 spiro atoms. The molecule has 0 aliphatic carbocycles. The fourth-order valence-electron chi connectivity index (χ4n) is 2.34. The number of carbonyl (C=O) groups excluding carboxylic acids is 1. The van der Waals surface area contributed by atoms with Gasteiger partial charge in [0.15, 0.2) is 0 Å². The number of sulfonamides is 1. The van der Waals surface area contributed by atoms with Gasteiger partial charge in [-0.1, -0.05) is 12.1 Å². The van der Waals surface area contributed by atoms with E-state index in [1.54, 1.807) is 25.3 Å². The molecule has 0 unspecified atom stereocenters. The van der Waals surface area contributed by atoms with Gasteiger partial charge >= 0.3 is 0 Å². The molecule has 0 bridgehead atoms. The Hall–Kier alpha value is -2.25. The molecule has 1 heterocycles. The number of nitrogens with one attached hydrogen (secondary N) is 1. The van der Waals surface area contributed by atoms with Crippen LogP contribution in [0, 0.1) is 6.92 Å². The second-order valence-electron chi connectivity index (χ2n) is 5.95. The summed E-state index contributed by atoms with van der Waals surface area (Å²) in [4.78, 5) is 16.7. The van der Waals surface area contributed by atoms with Crippen LogP contribution in [0.25, 0.3) is 0 Å². The Labute approximate surface area is 148 Å². The van der Waals surface area contributed by atoms with Gasteiger partial charge < -0.3 is 5.32 Å². The van der Waals surface area contributed by atoms with Crippen LogP contribution < -0.4 is 5.32 Å². The summed E-state index contributed by atoms with van der Waals surface area (Å²) in [6.45, 7) is 2.21. The molecule has 2 rings (SSSR count). The first-order valence-corrected chi connectivity index (χ1v) is 9.47. The SMILES string of the molecule is Cc1ccc(C(=O)NCCCc2ccccn2)cc1S(=O)(=O)N(C)C. The predicted molar refractivity (Wildman–Crippen MR) is 96.9 cm³/mol. The molecule has 0 saturated carbocycles. The number of pyridine rings is 1. The van der Waals surface area contributed by atoms with Gasteiger partial charge in [-0.3, -0.25) is 9.78 Å². The normalized spacial score (nSPS) is 11.5. The van der Waals surface area contributed by atoms with Crippen molar-refractivity contribution in [1.82, 2.24) is 14.6 Å². The van der Waals surface area contributed by atoms with Crippen LogP contribution in [0.15, 0.2) is 47.5 Å². The van der Waals surface area contributed by atoms with Gasteiger partial charge in [0.2, 0.25) is 10.0 Å². The number of benzene rings is 1. The summed E-state index contributed by atoms with van der Waals surface area (Å²) in [7, 11) is -0.637. The number of nitrogens with zero attached hydrogens (tertiary/aromatic N) is 2. The molecule has 1 N–H and O–H groups in total. The van der Waals surface area contributed by atoms with E-state index in [0.717, 1.165) is 22.8 Å². The quantitative estimate of drug-likeness (QED) is 0.765. The second kappa shape index (κ2) is 8.22. The number of hydrogen-bond donors (Lipinski definition) is 1. The van der Waals surface area contributed by atoms with Gasteiger partial charge in [0.25, 0.3) is 5.91 Å². The molecular formula is C18H23N3O3S. The van der Waals surface area contributed by atoms with Crippen LogP contribution in [0.5, 0.6) is 0 Å². The van der Waals surface area contributed by atoms with Crippen molar-refractivity contribution in [2.75, 3.05) is 20.6 Å². The Morgan fingerprint density at radius 3 is 2.60 bits per heavy atom. The van der Waals surface area contributed by atoms with Gasteiger partial charge in [-0.05, 0) is 49.6 Å². The largest absolute Gasteiger partial charge is 0.352 e. The summed E-state index contributed by atoms with van der Waals surface area (Å²) >= 11 is 0. The number of carbonyl (C=O) groups is 1. The summed E-state index contributed by atoms with van der Waals surface area (Å²) in [6.07, 6.45) is 3.28. The van der Waals surface area contributed by atoms with Crippen molar-refractivity contribution >= 4 is 15.9 Å². The Morgan fingerprint density at radius 1 is 1.20 bits per heavy atom. The summed E-state index contributed by atoms with van der Waals surface area (Å²) in [5.74, 6) is -0.281. The molecule has 1 aromatic carbocycles. The fourth-order valence-corrected chi connectivity index (χ4v) is 3.48. The van der Waals surface area contributed by atoms with Gasteiger partial charge in [-0.2, -0.15) is 0 Å². The van der Waals surface area contributed by atoms with E-state index < -0.39 is 10.0 Å². The lowest BCUT2D eigenvalue weighted by atomic mass is 10.1. The topological polar surface area (TPSA) is 79.4 Å². The maximum atomic E-state index is 12.3. The first-order chi connectivity index (χ1) is 11.8. The highest BCUT2D eigenvalue weighted by atomic mass is 32.2. The van der Waals surface area contributed by atoms with E-state index in [1.165, 1.54) is 20.2 Å². The van der Waals surface area contributed by atoms with Crippen LogP contribution >= 0.6 is 0 Å². The van der Waals surface area contributed by atoms with Gasteiger partial charge in [-0.15, -0.1) is 0 Å². The third-order valence-corrected chi connectivity index (χ3v) is 5.79. The van der Waals surface area contributed by atoms with Gasteiger partial charge in [-0.25, -0.2) is 12.7 Å². The Kier molecular flexibility index (Phi) is 6.27. The van der Waals surface area contributed by atoms with Crippen molar-refractivity contribution in [3.05, 3.63) is 59.4 Å². The van der Waals surface area contributed by atoms with Gasteiger partial charge in [0, 0.05) is 38.1 Å². The summed E-state index contributed by atoms with van der Waals surface area (Å²) in [5.41, 5.74) is 1.93. The second-order valence-corrected chi connectivity index (χ2v) is 8.07. The standard InChI is InChI=1S/C18H23N3O3S/c1-14-9-10-15(13-17(14)25(23,24)21(2)3)18(22)20-12-6-8-16-7-4-5-11-19-16/h4-5,7,9-11,13H,6,8,12H2,1-3H3,(H,20,22). The van der Waals surface area contributed by atoms with E-state index in [1.807, 2.05) is 18.2 Å². The van der Waals surface area contributed by atoms with Crippen molar-refractivity contribution < 1.29 is 13.2 Å². The number of amides is 1. The smallest absolute Gasteiger partial charge is 0.251 e. The van der Waals surface area contributed by atoms with E-state index in [2.05, 4.69) is 10.3 Å². The molecule has 7 heteroatoms. The van der Waals surface area contributed by atoms with Crippen LogP contribution in [-0.2, 0) is 16.4 Å². The molecule has 0 atom stereocenters. The van der Waals surface area contributed by atoms with Crippen LogP contribution in [0.4, 0.5) is 0 Å². The molecule has 134 valence electrons. The van der Waals surface area contributed by atoms with E-state index in [9.17, 15) is 13.2 Å². The maximum absolute atomic E-state index is 12.3. The third-order valence-electron chi connectivity index (χ3n) is 3.83. The number of hydrogen-bond acceptors (Lipinski definition) is 4. The average Bonchev–Trinajstić information content (AvgIpc) is 2.59. The highest BCUT2D eigenvalue weighted by molar-refractivity contribution is 7.89. The Bertz CT molecular complexity index is 834. The van der Waals surface area contributed by atoms with E-state index in [-0.39, 0.29) is 10.8 Å². The molecule has 0 aliphatic heterocycles. The molecule has 0 aliphatic rings. The lowest BCUT2D eigenvalue weighted by molar-refractivity contribution is 0.0953. The van der Waals surface area contributed by atoms with E-state index in [0.29, 0.717) is 17.7 Å². The first kappa shape index (κ1) is 19.1. The molecule has 0 radical (unpaired) electrons. The molecule has 6 nitrogen and oxygen atoms in total. The molecule has 25 heavy (non-hydrogen) atoms. The molecule has 1 aromatic heterocycles. The molecule has 2 aromatic rings. The van der Waals surface area contributed by atoms with Crippen molar-refractivity contribution in [3.8, 4) is 0 Å². The fraction of sp³-hybridized carbons (Fsp3) is 0.333. The molecular weight excluding hydrogens is 338 g/mol. The van der Waals surface area contributed by atoms with Crippen molar-refractivity contribution in [2.24, 2.45) is 0 Å². The van der Waals surface area contributed by atoms with Crippen LogP contribution in [0.2, 0.25) is 0 Å². The molecule has 0 saturated heterocycles.